The highest BCUT2D eigenvalue weighted by Crippen LogP contribution is 2.35. The Balaban J connectivity index is 1.65. The van der Waals surface area contributed by atoms with Crippen LogP contribution in [0.1, 0.15) is 53.1 Å². The van der Waals surface area contributed by atoms with Gasteiger partial charge in [0.2, 0.25) is 5.95 Å². The monoisotopic (exact) mass is 498 g/mol. The van der Waals surface area contributed by atoms with Crippen molar-refractivity contribution in [3.63, 3.8) is 0 Å². The van der Waals surface area contributed by atoms with Crippen LogP contribution in [0, 0.1) is 13.8 Å². The van der Waals surface area contributed by atoms with Crippen LogP contribution >= 0.6 is 11.6 Å². The standard InChI is InChI=1S/C25H25ClF2N6O/c1-14-10-17(16(3)30-19-4-5-21(26)31-20(19)13-35)22-18(11-14)23-29-12-15(2)34(23)24(32-22)33-8-6-25(27,28)7-9-33/h4-5,10-13,16,30H,6-9H2,1-3H3. The summed E-state index contributed by atoms with van der Waals surface area (Å²) in [5, 5.41) is 4.47. The Labute approximate surface area is 206 Å². The van der Waals surface area contributed by atoms with E-state index in [1.807, 2.05) is 42.2 Å². The van der Waals surface area contributed by atoms with Crippen molar-refractivity contribution in [1.82, 2.24) is 19.4 Å². The predicted octanol–water partition coefficient (Wildman–Crippen LogP) is 5.77. The molecule has 1 saturated heterocycles. The number of aryl methyl sites for hydroxylation is 2. The highest BCUT2D eigenvalue weighted by molar-refractivity contribution is 6.29. The van der Waals surface area contributed by atoms with E-state index in [9.17, 15) is 13.6 Å². The first-order valence-corrected chi connectivity index (χ1v) is 11.8. The fourth-order valence-electron chi connectivity index (χ4n) is 4.68. The maximum atomic E-state index is 13.9. The Kier molecular flexibility index (Phi) is 5.83. The highest BCUT2D eigenvalue weighted by Gasteiger charge is 2.35. The van der Waals surface area contributed by atoms with Crippen LogP contribution in [0.2, 0.25) is 5.15 Å². The van der Waals surface area contributed by atoms with Gasteiger partial charge in [0.05, 0.1) is 17.2 Å². The molecule has 3 aromatic heterocycles. The first-order valence-electron chi connectivity index (χ1n) is 11.5. The number of hydrogen-bond acceptors (Lipinski definition) is 6. The molecule has 0 amide bonds. The number of aromatic nitrogens is 4. The third-order valence-corrected chi connectivity index (χ3v) is 6.70. The van der Waals surface area contributed by atoms with Gasteiger partial charge in [0.1, 0.15) is 16.5 Å². The van der Waals surface area contributed by atoms with Crippen LogP contribution in [0.15, 0.2) is 30.5 Å². The van der Waals surface area contributed by atoms with E-state index in [4.69, 9.17) is 16.6 Å². The van der Waals surface area contributed by atoms with Crippen molar-refractivity contribution >= 4 is 46.1 Å². The van der Waals surface area contributed by atoms with Gasteiger partial charge >= 0.3 is 0 Å². The van der Waals surface area contributed by atoms with Crippen LogP contribution in [-0.2, 0) is 0 Å². The Morgan fingerprint density at radius 1 is 1.17 bits per heavy atom. The molecule has 4 heterocycles. The molecule has 0 bridgehead atoms. The van der Waals surface area contributed by atoms with Crippen molar-refractivity contribution in [1.29, 1.82) is 0 Å². The minimum absolute atomic E-state index is 0.210. The van der Waals surface area contributed by atoms with Crippen molar-refractivity contribution in [2.45, 2.75) is 45.6 Å². The van der Waals surface area contributed by atoms with Crippen molar-refractivity contribution in [2.24, 2.45) is 0 Å². The third kappa shape index (κ3) is 4.29. The molecule has 5 rings (SSSR count). The summed E-state index contributed by atoms with van der Waals surface area (Å²) in [6, 6.07) is 7.17. The Bertz CT molecular complexity index is 1440. The zero-order chi connectivity index (χ0) is 24.9. The normalized spacial score (nSPS) is 16.6. The Hall–Kier alpha value is -3.33. The number of nitrogens with one attached hydrogen (secondary N) is 1. The number of nitrogens with zero attached hydrogens (tertiary/aromatic N) is 5. The van der Waals surface area contributed by atoms with Gasteiger partial charge in [-0.15, -0.1) is 0 Å². The van der Waals surface area contributed by atoms with Crippen molar-refractivity contribution in [3.05, 3.63) is 58.1 Å². The maximum absolute atomic E-state index is 13.9. The first kappa shape index (κ1) is 23.4. The molecule has 0 radical (unpaired) electrons. The molecule has 0 spiro atoms. The van der Waals surface area contributed by atoms with Crippen LogP contribution in [0.4, 0.5) is 20.4 Å². The number of halogens is 3. The van der Waals surface area contributed by atoms with Crippen molar-refractivity contribution in [3.8, 4) is 0 Å². The fraction of sp³-hybridized carbons (Fsp3) is 0.360. The van der Waals surface area contributed by atoms with E-state index >= 15 is 0 Å². The molecule has 1 aliphatic rings. The second-order valence-corrected chi connectivity index (χ2v) is 9.50. The first-order chi connectivity index (χ1) is 16.7. The molecule has 0 saturated carbocycles. The molecule has 35 heavy (non-hydrogen) atoms. The molecule has 1 unspecified atom stereocenters. The smallest absolute Gasteiger partial charge is 0.251 e. The van der Waals surface area contributed by atoms with Crippen molar-refractivity contribution in [2.75, 3.05) is 23.3 Å². The lowest BCUT2D eigenvalue weighted by Gasteiger charge is -2.33. The van der Waals surface area contributed by atoms with Crippen LogP contribution < -0.4 is 10.2 Å². The summed E-state index contributed by atoms with van der Waals surface area (Å²) in [7, 11) is 0. The minimum Gasteiger partial charge on any atom is -0.377 e. The zero-order valence-electron chi connectivity index (χ0n) is 19.6. The maximum Gasteiger partial charge on any atom is 0.251 e. The van der Waals surface area contributed by atoms with Gasteiger partial charge in [0.15, 0.2) is 6.29 Å². The van der Waals surface area contributed by atoms with Crippen molar-refractivity contribution < 1.29 is 13.6 Å². The largest absolute Gasteiger partial charge is 0.377 e. The summed E-state index contributed by atoms with van der Waals surface area (Å²) >= 11 is 5.95. The van der Waals surface area contributed by atoms with E-state index in [-0.39, 0.29) is 42.8 Å². The molecule has 1 aliphatic heterocycles. The van der Waals surface area contributed by atoms with E-state index in [0.717, 1.165) is 33.4 Å². The van der Waals surface area contributed by atoms with Gasteiger partial charge in [-0.05, 0) is 44.5 Å². The van der Waals surface area contributed by atoms with E-state index in [1.165, 1.54) is 0 Å². The van der Waals surface area contributed by atoms with Gasteiger partial charge < -0.3 is 10.2 Å². The summed E-state index contributed by atoms with van der Waals surface area (Å²) in [6.45, 7) is 6.34. The lowest BCUT2D eigenvalue weighted by atomic mass is 10.0. The summed E-state index contributed by atoms with van der Waals surface area (Å²) in [6.07, 6.45) is 2.02. The lowest BCUT2D eigenvalue weighted by Crippen LogP contribution is -2.40. The molecule has 7 nitrogen and oxygen atoms in total. The number of alkyl halides is 2. The quantitative estimate of drug-likeness (QED) is 0.278. The van der Waals surface area contributed by atoms with Crippen LogP contribution in [0.25, 0.3) is 16.6 Å². The number of hydrogen-bond donors (Lipinski definition) is 1. The second kappa shape index (κ2) is 8.71. The van der Waals surface area contributed by atoms with Gasteiger partial charge in [-0.1, -0.05) is 17.7 Å². The molecular weight excluding hydrogens is 474 g/mol. The number of pyridine rings is 1. The third-order valence-electron chi connectivity index (χ3n) is 6.49. The fourth-order valence-corrected chi connectivity index (χ4v) is 4.83. The number of benzene rings is 1. The predicted molar refractivity (Wildman–Crippen MR) is 133 cm³/mol. The molecule has 1 fully saturated rings. The second-order valence-electron chi connectivity index (χ2n) is 9.11. The van der Waals surface area contributed by atoms with Crippen LogP contribution in [-0.4, -0.2) is 44.7 Å². The van der Waals surface area contributed by atoms with E-state index in [1.54, 1.807) is 18.3 Å². The average Bonchev–Trinajstić information content (AvgIpc) is 3.21. The van der Waals surface area contributed by atoms with E-state index < -0.39 is 5.92 Å². The van der Waals surface area contributed by atoms with Gasteiger partial charge in [-0.2, -0.15) is 0 Å². The number of piperidine rings is 1. The number of imidazole rings is 1. The van der Waals surface area contributed by atoms with Gasteiger partial charge in [-0.3, -0.25) is 9.20 Å². The number of rotatable bonds is 5. The molecular formula is C25H25ClF2N6O. The summed E-state index contributed by atoms with van der Waals surface area (Å²) in [5.41, 5.74) is 5.06. The SMILES string of the molecule is Cc1cc(C(C)Nc2ccc(Cl)nc2C=O)c2nc(N3CCC(F)(F)CC3)n3c(C)cnc3c2c1. The summed E-state index contributed by atoms with van der Waals surface area (Å²) in [5.74, 6) is -2.04. The van der Waals surface area contributed by atoms with Gasteiger partial charge in [-0.25, -0.2) is 23.7 Å². The number of anilines is 2. The number of carbonyl (C=O) groups is 1. The molecule has 1 N–H and O–H groups in total. The van der Waals surface area contributed by atoms with Crippen LogP contribution in [0.3, 0.4) is 0 Å². The molecule has 0 aliphatic carbocycles. The average molecular weight is 499 g/mol. The van der Waals surface area contributed by atoms with E-state index in [2.05, 4.69) is 15.3 Å². The topological polar surface area (TPSA) is 75.4 Å². The number of carbonyl (C=O) groups excluding carboxylic acids is 1. The summed E-state index contributed by atoms with van der Waals surface area (Å²) < 4.78 is 29.7. The van der Waals surface area contributed by atoms with Gasteiger partial charge in [0.25, 0.3) is 5.92 Å². The lowest BCUT2D eigenvalue weighted by molar-refractivity contribution is -0.0222. The highest BCUT2D eigenvalue weighted by atomic mass is 35.5. The molecule has 1 atom stereocenters. The molecule has 182 valence electrons. The zero-order valence-corrected chi connectivity index (χ0v) is 20.4. The minimum atomic E-state index is -2.65. The van der Waals surface area contributed by atoms with Crippen LogP contribution in [0.5, 0.6) is 0 Å². The Morgan fingerprint density at radius 2 is 1.91 bits per heavy atom. The number of fused-ring (bicyclic) bond motifs is 3. The molecule has 4 aromatic rings. The number of aldehydes is 1. The molecule has 10 heteroatoms. The summed E-state index contributed by atoms with van der Waals surface area (Å²) in [4.78, 5) is 27.2. The van der Waals surface area contributed by atoms with E-state index in [0.29, 0.717) is 17.9 Å². The Morgan fingerprint density at radius 3 is 2.63 bits per heavy atom. The molecule has 1 aromatic carbocycles. The van der Waals surface area contributed by atoms with Gasteiger partial charge in [0, 0.05) is 48.8 Å².